The van der Waals surface area contributed by atoms with E-state index in [1.165, 1.54) is 0 Å². The zero-order valence-corrected chi connectivity index (χ0v) is 10.7. The highest BCUT2D eigenvalue weighted by molar-refractivity contribution is 5.70. The number of hydrogen-bond donors (Lipinski definition) is 2. The second-order valence-electron chi connectivity index (χ2n) is 4.30. The molecule has 19 heavy (non-hydrogen) atoms. The van der Waals surface area contributed by atoms with Crippen LogP contribution in [0.15, 0.2) is 30.6 Å². The Morgan fingerprint density at radius 1 is 1.32 bits per heavy atom. The molecule has 0 aliphatic rings. The summed E-state index contributed by atoms with van der Waals surface area (Å²) in [5.41, 5.74) is 1.83. The third-order valence-corrected chi connectivity index (χ3v) is 2.86. The minimum Gasteiger partial charge on any atom is -0.481 e. The van der Waals surface area contributed by atoms with Crippen molar-refractivity contribution in [2.45, 2.75) is 19.5 Å². The quantitative estimate of drug-likeness (QED) is 0.800. The molecule has 2 rings (SSSR count). The summed E-state index contributed by atoms with van der Waals surface area (Å²) in [4.78, 5) is 10.8. The van der Waals surface area contributed by atoms with Crippen LogP contribution in [0.1, 0.15) is 17.0 Å². The molecule has 0 unspecified atom stereocenters. The number of aryl methyl sites for hydroxylation is 1. The first kappa shape index (κ1) is 13.2. The molecule has 0 aliphatic carbocycles. The van der Waals surface area contributed by atoms with E-state index in [2.05, 4.69) is 15.5 Å². The van der Waals surface area contributed by atoms with Crippen LogP contribution in [-0.2, 0) is 31.4 Å². The smallest absolute Gasteiger partial charge is 0.307 e. The Morgan fingerprint density at radius 2 is 2.05 bits per heavy atom. The van der Waals surface area contributed by atoms with Gasteiger partial charge in [-0.1, -0.05) is 24.3 Å². The van der Waals surface area contributed by atoms with Crippen molar-refractivity contribution < 1.29 is 9.90 Å². The zero-order chi connectivity index (χ0) is 13.7. The van der Waals surface area contributed by atoms with Crippen LogP contribution in [0.4, 0.5) is 0 Å². The minimum atomic E-state index is -0.819. The number of nitrogens with zero attached hydrogens (tertiary/aromatic N) is 3. The van der Waals surface area contributed by atoms with Crippen LogP contribution in [0.3, 0.4) is 0 Å². The van der Waals surface area contributed by atoms with Crippen molar-refractivity contribution in [3.63, 3.8) is 0 Å². The third-order valence-electron chi connectivity index (χ3n) is 2.86. The number of aliphatic carboxylic acids is 1. The van der Waals surface area contributed by atoms with E-state index in [0.717, 1.165) is 17.0 Å². The minimum absolute atomic E-state index is 0.0435. The first-order valence-corrected chi connectivity index (χ1v) is 5.99. The van der Waals surface area contributed by atoms with Gasteiger partial charge in [-0.15, -0.1) is 10.2 Å². The highest BCUT2D eigenvalue weighted by atomic mass is 16.4. The second-order valence-corrected chi connectivity index (χ2v) is 4.30. The summed E-state index contributed by atoms with van der Waals surface area (Å²) >= 11 is 0. The fraction of sp³-hybridized carbons (Fsp3) is 0.308. The molecule has 6 nitrogen and oxygen atoms in total. The maximum absolute atomic E-state index is 10.8. The number of hydrogen-bond acceptors (Lipinski definition) is 4. The van der Waals surface area contributed by atoms with Crippen molar-refractivity contribution in [2.75, 3.05) is 0 Å². The van der Waals surface area contributed by atoms with E-state index >= 15 is 0 Å². The molecule has 0 saturated heterocycles. The summed E-state index contributed by atoms with van der Waals surface area (Å²) < 4.78 is 1.84. The standard InChI is InChI=1S/C13H16N4O2/c1-17-9-15-16-12(17)8-14-7-11-5-3-2-4-10(11)6-13(18)19/h2-5,9,14H,6-8H2,1H3,(H,18,19). The van der Waals surface area contributed by atoms with Crippen LogP contribution in [0.5, 0.6) is 0 Å². The molecule has 2 aromatic rings. The summed E-state index contributed by atoms with van der Waals surface area (Å²) in [7, 11) is 1.88. The van der Waals surface area contributed by atoms with Gasteiger partial charge in [0.25, 0.3) is 0 Å². The van der Waals surface area contributed by atoms with E-state index < -0.39 is 5.97 Å². The molecule has 1 aromatic carbocycles. The van der Waals surface area contributed by atoms with Crippen LogP contribution in [-0.4, -0.2) is 25.8 Å². The van der Waals surface area contributed by atoms with Gasteiger partial charge >= 0.3 is 5.97 Å². The van der Waals surface area contributed by atoms with Gasteiger partial charge in [0.1, 0.15) is 12.2 Å². The normalized spacial score (nSPS) is 10.6. The zero-order valence-electron chi connectivity index (χ0n) is 10.7. The Labute approximate surface area is 111 Å². The second kappa shape index (κ2) is 6.10. The van der Waals surface area contributed by atoms with Gasteiger partial charge < -0.3 is 15.0 Å². The molecule has 0 aliphatic heterocycles. The van der Waals surface area contributed by atoms with Crippen LogP contribution >= 0.6 is 0 Å². The van der Waals surface area contributed by atoms with Gasteiger partial charge in [0.05, 0.1) is 13.0 Å². The van der Waals surface area contributed by atoms with E-state index in [1.807, 2.05) is 35.9 Å². The predicted molar refractivity (Wildman–Crippen MR) is 69.3 cm³/mol. The average molecular weight is 260 g/mol. The van der Waals surface area contributed by atoms with Gasteiger partial charge in [0, 0.05) is 13.6 Å². The Balaban J connectivity index is 1.96. The molecular formula is C13H16N4O2. The van der Waals surface area contributed by atoms with Crippen molar-refractivity contribution in [3.05, 3.63) is 47.5 Å². The number of aromatic nitrogens is 3. The van der Waals surface area contributed by atoms with E-state index in [9.17, 15) is 4.79 Å². The molecule has 0 atom stereocenters. The monoisotopic (exact) mass is 260 g/mol. The van der Waals surface area contributed by atoms with Crippen LogP contribution in [0.25, 0.3) is 0 Å². The molecule has 100 valence electrons. The van der Waals surface area contributed by atoms with Crippen molar-refractivity contribution in [2.24, 2.45) is 7.05 Å². The maximum Gasteiger partial charge on any atom is 0.307 e. The first-order valence-electron chi connectivity index (χ1n) is 5.99. The van der Waals surface area contributed by atoms with E-state index in [-0.39, 0.29) is 6.42 Å². The maximum atomic E-state index is 10.8. The molecule has 0 amide bonds. The van der Waals surface area contributed by atoms with Crippen LogP contribution in [0, 0.1) is 0 Å². The number of nitrogens with one attached hydrogen (secondary N) is 1. The van der Waals surface area contributed by atoms with E-state index in [1.54, 1.807) is 6.33 Å². The van der Waals surface area contributed by atoms with Crippen molar-refractivity contribution in [3.8, 4) is 0 Å². The average Bonchev–Trinajstić information content (AvgIpc) is 2.77. The lowest BCUT2D eigenvalue weighted by atomic mass is 10.0. The van der Waals surface area contributed by atoms with Crippen molar-refractivity contribution in [1.29, 1.82) is 0 Å². The van der Waals surface area contributed by atoms with Gasteiger partial charge in [-0.2, -0.15) is 0 Å². The number of carboxylic acid groups (broad SMARTS) is 1. The molecule has 6 heteroatoms. The number of carbonyl (C=O) groups is 1. The predicted octanol–water partition coefficient (Wildman–Crippen LogP) is 0.732. The SMILES string of the molecule is Cn1cnnc1CNCc1ccccc1CC(=O)O. The largest absolute Gasteiger partial charge is 0.481 e. The molecule has 1 aromatic heterocycles. The summed E-state index contributed by atoms with van der Waals surface area (Å²) in [5, 5.41) is 19.9. The molecule has 2 N–H and O–H groups in total. The summed E-state index contributed by atoms with van der Waals surface area (Å²) in [5.74, 6) is 0.0245. The lowest BCUT2D eigenvalue weighted by Crippen LogP contribution is -2.17. The molecule has 0 radical (unpaired) electrons. The molecular weight excluding hydrogens is 244 g/mol. The van der Waals surface area contributed by atoms with Gasteiger partial charge in [-0.25, -0.2) is 0 Å². The Morgan fingerprint density at radius 3 is 2.68 bits per heavy atom. The lowest BCUT2D eigenvalue weighted by Gasteiger charge is -2.08. The van der Waals surface area contributed by atoms with Crippen molar-refractivity contribution >= 4 is 5.97 Å². The van der Waals surface area contributed by atoms with Crippen LogP contribution in [0.2, 0.25) is 0 Å². The van der Waals surface area contributed by atoms with Gasteiger partial charge in [0.15, 0.2) is 0 Å². The highest BCUT2D eigenvalue weighted by Crippen LogP contribution is 2.09. The number of benzene rings is 1. The molecule has 0 saturated carbocycles. The first-order chi connectivity index (χ1) is 9.16. The fourth-order valence-electron chi connectivity index (χ4n) is 1.84. The highest BCUT2D eigenvalue weighted by Gasteiger charge is 2.06. The van der Waals surface area contributed by atoms with Gasteiger partial charge in [0.2, 0.25) is 0 Å². The summed E-state index contributed by atoms with van der Waals surface area (Å²) in [6.45, 7) is 1.20. The van der Waals surface area contributed by atoms with E-state index in [0.29, 0.717) is 13.1 Å². The fourth-order valence-corrected chi connectivity index (χ4v) is 1.84. The number of rotatable bonds is 6. The molecule has 1 heterocycles. The topological polar surface area (TPSA) is 80.0 Å². The molecule has 0 bridgehead atoms. The third kappa shape index (κ3) is 3.62. The Bertz CT molecular complexity index is 565. The number of carboxylic acids is 1. The van der Waals surface area contributed by atoms with Crippen LogP contribution < -0.4 is 5.32 Å². The summed E-state index contributed by atoms with van der Waals surface area (Å²) in [6, 6.07) is 7.53. The Hall–Kier alpha value is -2.21. The lowest BCUT2D eigenvalue weighted by molar-refractivity contribution is -0.136. The van der Waals surface area contributed by atoms with Crippen molar-refractivity contribution in [1.82, 2.24) is 20.1 Å². The van der Waals surface area contributed by atoms with E-state index in [4.69, 9.17) is 5.11 Å². The van der Waals surface area contributed by atoms with Gasteiger partial charge in [-0.3, -0.25) is 4.79 Å². The summed E-state index contributed by atoms with van der Waals surface area (Å²) in [6.07, 6.45) is 1.69. The molecule has 0 spiro atoms. The molecule has 0 fully saturated rings. The Kier molecular flexibility index (Phi) is 4.25. The van der Waals surface area contributed by atoms with Gasteiger partial charge in [-0.05, 0) is 11.1 Å².